The lowest BCUT2D eigenvalue weighted by atomic mass is 9.88. The molecule has 0 N–H and O–H groups in total. The smallest absolute Gasteiger partial charge is 0.282 e. The average molecular weight is 753 g/mol. The molecule has 5 rings (SSSR count). The van der Waals surface area contributed by atoms with E-state index in [1.54, 1.807) is 18.3 Å². The number of fused-ring (bicyclic) bond motifs is 1. The molecule has 208 valence electrons. The summed E-state index contributed by atoms with van der Waals surface area (Å²) in [5, 5.41) is 5.56. The molecule has 1 aliphatic rings. The molecule has 1 heterocycles. The highest BCUT2D eigenvalue weighted by atomic mass is 79.9. The summed E-state index contributed by atoms with van der Waals surface area (Å²) >= 11 is 17.2. The zero-order chi connectivity index (χ0) is 28.2. The Kier molecular flexibility index (Phi) is 9.66. The van der Waals surface area contributed by atoms with E-state index in [-0.39, 0.29) is 11.5 Å². The molecule has 0 spiro atoms. The topological polar surface area (TPSA) is 65.7 Å². The summed E-state index contributed by atoms with van der Waals surface area (Å²) in [5.41, 5.74) is 2.14. The number of hydrogen-bond donors (Lipinski definition) is 0. The van der Waals surface area contributed by atoms with Gasteiger partial charge in [-0.2, -0.15) is 9.78 Å². The molecule has 4 aromatic rings. The van der Waals surface area contributed by atoms with Crippen molar-refractivity contribution < 1.29 is 9.47 Å². The number of rotatable bonds is 8. The highest BCUT2D eigenvalue weighted by Gasteiger charge is 2.23. The molecule has 3 aromatic carbocycles. The maximum Gasteiger partial charge on any atom is 0.282 e. The van der Waals surface area contributed by atoms with Crippen LogP contribution < -0.4 is 15.0 Å². The van der Waals surface area contributed by atoms with Gasteiger partial charge in [-0.15, -0.1) is 0 Å². The van der Waals surface area contributed by atoms with Crippen molar-refractivity contribution in [2.75, 3.05) is 6.61 Å². The number of halogens is 4. The Bertz CT molecular complexity index is 1630. The third-order valence-electron chi connectivity index (χ3n) is 6.84. The van der Waals surface area contributed by atoms with E-state index in [1.165, 1.54) is 11.1 Å². The normalized spacial score (nSPS) is 14.2. The Balaban J connectivity index is 1.50. The van der Waals surface area contributed by atoms with Crippen molar-refractivity contribution in [3.05, 3.63) is 94.3 Å². The van der Waals surface area contributed by atoms with Crippen LogP contribution in [0.2, 0.25) is 5.02 Å². The van der Waals surface area contributed by atoms with Crippen LogP contribution in [0.25, 0.3) is 10.9 Å². The average Bonchev–Trinajstić information content (AvgIpc) is 2.94. The third-order valence-corrected chi connectivity index (χ3v) is 8.85. The van der Waals surface area contributed by atoms with Crippen LogP contribution in [-0.4, -0.2) is 22.5 Å². The molecular weight excluding hydrogens is 726 g/mol. The molecule has 1 fully saturated rings. The van der Waals surface area contributed by atoms with Gasteiger partial charge < -0.3 is 9.47 Å². The number of nitrogens with zero attached hydrogens (tertiary/aromatic N) is 3. The van der Waals surface area contributed by atoms with E-state index < -0.39 is 0 Å². The predicted octanol–water partition coefficient (Wildman–Crippen LogP) is 9.24. The molecule has 6 nitrogen and oxygen atoms in total. The molecule has 1 saturated carbocycles. The van der Waals surface area contributed by atoms with Gasteiger partial charge in [0, 0.05) is 24.9 Å². The summed E-state index contributed by atoms with van der Waals surface area (Å²) < 4.78 is 16.2. The van der Waals surface area contributed by atoms with E-state index >= 15 is 0 Å². The number of ether oxygens (including phenoxy) is 2. The zero-order valence-electron chi connectivity index (χ0n) is 21.8. The summed E-state index contributed by atoms with van der Waals surface area (Å²) in [7, 11) is 0. The minimum atomic E-state index is -0.195. The van der Waals surface area contributed by atoms with Gasteiger partial charge in [-0.25, -0.2) is 4.98 Å². The van der Waals surface area contributed by atoms with Gasteiger partial charge in [0.2, 0.25) is 0 Å². The van der Waals surface area contributed by atoms with E-state index in [2.05, 4.69) is 52.9 Å². The van der Waals surface area contributed by atoms with Crippen molar-refractivity contribution in [3.8, 4) is 11.5 Å². The zero-order valence-corrected chi connectivity index (χ0v) is 27.3. The van der Waals surface area contributed by atoms with Crippen molar-refractivity contribution in [2.45, 2.75) is 51.6 Å². The number of benzene rings is 3. The quantitative estimate of drug-likeness (QED) is 0.169. The monoisotopic (exact) mass is 749 g/mol. The van der Waals surface area contributed by atoms with Gasteiger partial charge in [0.1, 0.15) is 12.4 Å². The van der Waals surface area contributed by atoms with Crippen LogP contribution in [-0.2, 0) is 6.61 Å². The first-order valence-electron chi connectivity index (χ1n) is 13.1. The summed E-state index contributed by atoms with van der Waals surface area (Å²) in [6.07, 6.45) is 7.05. The van der Waals surface area contributed by atoms with E-state index in [0.29, 0.717) is 52.0 Å². The van der Waals surface area contributed by atoms with Gasteiger partial charge in [-0.05, 0) is 67.8 Å². The second-order valence-electron chi connectivity index (χ2n) is 9.62. The van der Waals surface area contributed by atoms with Gasteiger partial charge >= 0.3 is 0 Å². The third kappa shape index (κ3) is 6.64. The predicted molar refractivity (Wildman–Crippen MR) is 171 cm³/mol. The molecule has 0 unspecified atom stereocenters. The van der Waals surface area contributed by atoms with Crippen LogP contribution in [0.15, 0.2) is 71.8 Å². The van der Waals surface area contributed by atoms with Crippen molar-refractivity contribution in [2.24, 2.45) is 5.10 Å². The molecule has 0 saturated heterocycles. The Morgan fingerprint density at radius 2 is 1.77 bits per heavy atom. The molecule has 0 atom stereocenters. The Hall–Kier alpha value is -2.20. The lowest BCUT2D eigenvalue weighted by Crippen LogP contribution is -2.25. The first kappa shape index (κ1) is 29.3. The standard InChI is InChI=1S/C30H27Br3ClN3O3/c1-2-39-27-13-18(12-25(34)28(27)40-17-20-8-9-22(32)15-24(20)33)16-35-37-29(19-6-4-3-5-7-19)36-26-11-10-21(31)14-23(26)30(37)38/h8-16,19H,2-7,17H2,1H3. The molecular formula is C30H27Br3ClN3O3. The summed E-state index contributed by atoms with van der Waals surface area (Å²) in [6, 6.07) is 15.1. The van der Waals surface area contributed by atoms with Crippen LogP contribution in [0.1, 0.15) is 61.9 Å². The fraction of sp³-hybridized carbons (Fsp3) is 0.300. The Morgan fingerprint density at radius 1 is 1.02 bits per heavy atom. The first-order valence-corrected chi connectivity index (χ1v) is 15.9. The van der Waals surface area contributed by atoms with E-state index in [1.807, 2.05) is 43.3 Å². The maximum absolute atomic E-state index is 13.6. The van der Waals surface area contributed by atoms with Gasteiger partial charge in [0.15, 0.2) is 11.5 Å². The highest BCUT2D eigenvalue weighted by molar-refractivity contribution is 9.11. The molecule has 1 aliphatic carbocycles. The largest absolute Gasteiger partial charge is 0.490 e. The minimum absolute atomic E-state index is 0.183. The molecule has 0 amide bonds. The maximum atomic E-state index is 13.6. The summed E-state index contributed by atoms with van der Waals surface area (Å²) in [4.78, 5) is 18.5. The SMILES string of the molecule is CCOc1cc(C=Nn2c(C3CCCCC3)nc3ccc(Br)cc3c2=O)cc(Cl)c1OCc1ccc(Br)cc1Br. The van der Waals surface area contributed by atoms with Crippen LogP contribution in [0, 0.1) is 0 Å². The van der Waals surface area contributed by atoms with Crippen molar-refractivity contribution in [1.82, 2.24) is 9.66 Å². The van der Waals surface area contributed by atoms with Crippen LogP contribution in [0.5, 0.6) is 11.5 Å². The lowest BCUT2D eigenvalue weighted by molar-refractivity contribution is 0.269. The second-order valence-corrected chi connectivity index (χ2v) is 12.7. The first-order chi connectivity index (χ1) is 19.3. The Labute approximate surface area is 263 Å². The number of hydrogen-bond acceptors (Lipinski definition) is 5. The van der Waals surface area contributed by atoms with E-state index in [0.717, 1.165) is 44.7 Å². The van der Waals surface area contributed by atoms with Crippen molar-refractivity contribution >= 4 is 76.5 Å². The van der Waals surface area contributed by atoms with E-state index in [9.17, 15) is 4.79 Å². The molecule has 0 bridgehead atoms. The fourth-order valence-electron chi connectivity index (χ4n) is 4.88. The fourth-order valence-corrected chi connectivity index (χ4v) is 6.68. The molecule has 40 heavy (non-hydrogen) atoms. The second kappa shape index (κ2) is 13.2. The lowest BCUT2D eigenvalue weighted by Gasteiger charge is -2.22. The van der Waals surface area contributed by atoms with Gasteiger partial charge in [0.25, 0.3) is 5.56 Å². The van der Waals surface area contributed by atoms with Gasteiger partial charge in [0.05, 0.1) is 28.7 Å². The van der Waals surface area contributed by atoms with Crippen molar-refractivity contribution in [3.63, 3.8) is 0 Å². The molecule has 10 heteroatoms. The van der Waals surface area contributed by atoms with Gasteiger partial charge in [-0.3, -0.25) is 4.79 Å². The highest BCUT2D eigenvalue weighted by Crippen LogP contribution is 2.38. The minimum Gasteiger partial charge on any atom is -0.490 e. The van der Waals surface area contributed by atoms with Crippen LogP contribution in [0.4, 0.5) is 0 Å². The van der Waals surface area contributed by atoms with Crippen LogP contribution >= 0.6 is 59.4 Å². The summed E-state index contributed by atoms with van der Waals surface area (Å²) in [6.45, 7) is 2.64. The van der Waals surface area contributed by atoms with E-state index in [4.69, 9.17) is 26.1 Å². The Morgan fingerprint density at radius 3 is 2.52 bits per heavy atom. The molecule has 1 aromatic heterocycles. The van der Waals surface area contributed by atoms with Gasteiger partial charge in [-0.1, -0.05) is 84.7 Å². The van der Waals surface area contributed by atoms with Crippen LogP contribution in [0.3, 0.4) is 0 Å². The number of aromatic nitrogens is 2. The molecule has 0 aliphatic heterocycles. The molecule has 0 radical (unpaired) electrons. The summed E-state index contributed by atoms with van der Waals surface area (Å²) in [5.74, 6) is 1.84. The van der Waals surface area contributed by atoms with Crippen molar-refractivity contribution in [1.29, 1.82) is 0 Å².